The molecule has 2 aliphatic rings. The minimum Gasteiger partial charge on any atom is -0.312 e. The number of aromatic nitrogens is 3. The zero-order valence-corrected chi connectivity index (χ0v) is 20.8. The van der Waals surface area contributed by atoms with E-state index in [9.17, 15) is 18.5 Å². The minimum absolute atomic E-state index is 0.00169. The van der Waals surface area contributed by atoms with Gasteiger partial charge in [0.15, 0.2) is 5.65 Å². The van der Waals surface area contributed by atoms with Crippen LogP contribution in [0.1, 0.15) is 53.8 Å². The predicted octanol–water partition coefficient (Wildman–Crippen LogP) is 2.91. The van der Waals surface area contributed by atoms with Gasteiger partial charge in [0.2, 0.25) is 15.9 Å². The molecule has 3 aromatic rings. The Bertz CT molecular complexity index is 1460. The summed E-state index contributed by atoms with van der Waals surface area (Å²) in [6.07, 6.45) is 5.65. The Balaban J connectivity index is 1.36. The monoisotopic (exact) mass is 492 g/mol. The van der Waals surface area contributed by atoms with Crippen LogP contribution in [0.25, 0.3) is 5.65 Å². The molecule has 1 amide bonds. The van der Waals surface area contributed by atoms with Crippen molar-refractivity contribution in [1.82, 2.24) is 18.9 Å². The summed E-state index contributed by atoms with van der Waals surface area (Å²) in [5.74, 6) is -0.00169. The van der Waals surface area contributed by atoms with E-state index in [1.165, 1.54) is 6.20 Å². The van der Waals surface area contributed by atoms with Crippen molar-refractivity contribution in [2.24, 2.45) is 0 Å². The third-order valence-electron chi connectivity index (χ3n) is 7.09. The van der Waals surface area contributed by atoms with Gasteiger partial charge in [-0.25, -0.2) is 17.9 Å². The lowest BCUT2D eigenvalue weighted by Crippen LogP contribution is -2.36. The van der Waals surface area contributed by atoms with E-state index in [4.69, 9.17) is 0 Å². The molecule has 5 rings (SSSR count). The molecule has 0 atom stereocenters. The Hall–Kier alpha value is -3.29. The molecule has 9 nitrogen and oxygen atoms in total. The van der Waals surface area contributed by atoms with E-state index in [0.29, 0.717) is 48.6 Å². The lowest BCUT2D eigenvalue weighted by atomic mass is 10.0. The Morgan fingerprint density at radius 3 is 2.66 bits per heavy atom. The molecule has 2 aromatic heterocycles. The third-order valence-corrected chi connectivity index (χ3v) is 8.99. The maximum atomic E-state index is 13.3. The molecule has 0 spiro atoms. The van der Waals surface area contributed by atoms with E-state index in [0.717, 1.165) is 53.9 Å². The first-order valence-corrected chi connectivity index (χ1v) is 13.4. The first-order valence-electron chi connectivity index (χ1n) is 12.0. The van der Waals surface area contributed by atoms with Crippen LogP contribution in [0.4, 0.5) is 5.69 Å². The highest BCUT2D eigenvalue weighted by Crippen LogP contribution is 2.32. The summed E-state index contributed by atoms with van der Waals surface area (Å²) in [6, 6.07) is 7.28. The summed E-state index contributed by atoms with van der Waals surface area (Å²) < 4.78 is 29.2. The number of nitriles is 1. The molecular weight excluding hydrogens is 464 g/mol. The summed E-state index contributed by atoms with van der Waals surface area (Å²) >= 11 is 0. The quantitative estimate of drug-likeness (QED) is 0.541. The van der Waals surface area contributed by atoms with Gasteiger partial charge in [0.05, 0.1) is 11.1 Å². The van der Waals surface area contributed by atoms with Crippen molar-refractivity contribution in [3.63, 3.8) is 0 Å². The lowest BCUT2D eigenvalue weighted by Gasteiger charge is -2.30. The predicted molar refractivity (Wildman–Crippen MR) is 131 cm³/mol. The van der Waals surface area contributed by atoms with E-state index < -0.39 is 10.0 Å². The van der Waals surface area contributed by atoms with Crippen LogP contribution in [-0.4, -0.2) is 52.9 Å². The van der Waals surface area contributed by atoms with Gasteiger partial charge >= 0.3 is 0 Å². The molecule has 0 aliphatic carbocycles. The van der Waals surface area contributed by atoms with Crippen molar-refractivity contribution in [2.75, 3.05) is 24.5 Å². The molecule has 0 bridgehead atoms. The fourth-order valence-electron chi connectivity index (χ4n) is 5.19. The summed E-state index contributed by atoms with van der Waals surface area (Å²) in [5, 5.41) is 13.5. The van der Waals surface area contributed by atoms with Crippen molar-refractivity contribution in [3.8, 4) is 6.07 Å². The molecule has 35 heavy (non-hydrogen) atoms. The summed E-state index contributed by atoms with van der Waals surface area (Å²) in [4.78, 5) is 19.9. The fourth-order valence-corrected chi connectivity index (χ4v) is 6.76. The lowest BCUT2D eigenvalue weighted by molar-refractivity contribution is -0.118. The van der Waals surface area contributed by atoms with Crippen molar-refractivity contribution in [3.05, 3.63) is 52.5 Å². The van der Waals surface area contributed by atoms with E-state index in [2.05, 4.69) is 16.2 Å². The zero-order chi connectivity index (χ0) is 24.7. The molecule has 2 aliphatic heterocycles. The number of sulfonamides is 1. The first kappa shape index (κ1) is 23.5. The van der Waals surface area contributed by atoms with Gasteiger partial charge in [-0.1, -0.05) is 0 Å². The van der Waals surface area contributed by atoms with Gasteiger partial charge in [0.25, 0.3) is 0 Å². The molecule has 1 saturated heterocycles. The van der Waals surface area contributed by atoms with Crippen LogP contribution in [-0.2, 0) is 27.7 Å². The number of benzene rings is 1. The van der Waals surface area contributed by atoms with E-state index >= 15 is 0 Å². The molecule has 182 valence electrons. The molecule has 1 fully saturated rings. The summed E-state index contributed by atoms with van der Waals surface area (Å²) in [7, 11) is -3.49. The van der Waals surface area contributed by atoms with Crippen LogP contribution < -0.4 is 4.90 Å². The highest BCUT2D eigenvalue weighted by Gasteiger charge is 2.30. The topological polar surface area (TPSA) is 112 Å². The number of aryl methyl sites for hydroxylation is 3. The van der Waals surface area contributed by atoms with Gasteiger partial charge in [0, 0.05) is 43.1 Å². The number of carbonyl (C=O) groups excluding carboxylic acids is 1. The zero-order valence-electron chi connectivity index (χ0n) is 20.0. The van der Waals surface area contributed by atoms with E-state index in [1.807, 2.05) is 13.8 Å². The Kier molecular flexibility index (Phi) is 6.07. The summed E-state index contributed by atoms with van der Waals surface area (Å²) in [6.45, 7) is 5.57. The minimum atomic E-state index is -3.49. The smallest absolute Gasteiger partial charge is 0.243 e. The van der Waals surface area contributed by atoms with Crippen LogP contribution in [0.5, 0.6) is 0 Å². The van der Waals surface area contributed by atoms with Crippen molar-refractivity contribution < 1.29 is 13.2 Å². The SMILES string of the molecule is Cc1nc2c(C#N)cnn2c(C)c1CCC(=O)N1CCCc2cc(S(=O)(=O)N3CCCC3)ccc21. The van der Waals surface area contributed by atoms with Crippen LogP contribution >= 0.6 is 0 Å². The average Bonchev–Trinajstić information content (AvgIpc) is 3.53. The maximum Gasteiger partial charge on any atom is 0.243 e. The molecular formula is C25H28N6O3S. The van der Waals surface area contributed by atoms with Crippen molar-refractivity contribution in [1.29, 1.82) is 5.26 Å². The van der Waals surface area contributed by atoms with Gasteiger partial charge in [-0.05, 0) is 75.3 Å². The molecule has 1 aromatic carbocycles. The number of fused-ring (bicyclic) bond motifs is 2. The van der Waals surface area contributed by atoms with Gasteiger partial charge in [-0.2, -0.15) is 14.7 Å². The number of hydrogen-bond acceptors (Lipinski definition) is 6. The molecule has 0 unspecified atom stereocenters. The van der Waals surface area contributed by atoms with E-state index in [1.54, 1.807) is 31.9 Å². The highest BCUT2D eigenvalue weighted by molar-refractivity contribution is 7.89. The molecule has 4 heterocycles. The molecule has 0 N–H and O–H groups in total. The van der Waals surface area contributed by atoms with Crippen LogP contribution in [0.15, 0.2) is 29.3 Å². The number of anilines is 1. The van der Waals surface area contributed by atoms with Crippen molar-refractivity contribution >= 4 is 27.3 Å². The second-order valence-corrected chi connectivity index (χ2v) is 11.2. The number of rotatable bonds is 5. The van der Waals surface area contributed by atoms with E-state index in [-0.39, 0.29) is 5.91 Å². The molecule has 0 saturated carbocycles. The second-order valence-electron chi connectivity index (χ2n) is 9.22. The van der Waals surface area contributed by atoms with Crippen LogP contribution in [0, 0.1) is 25.2 Å². The van der Waals surface area contributed by atoms with Crippen molar-refractivity contribution in [2.45, 2.75) is 57.3 Å². The Morgan fingerprint density at radius 2 is 1.91 bits per heavy atom. The Labute approximate surface area is 205 Å². The number of amides is 1. The van der Waals surface area contributed by atoms with Crippen LogP contribution in [0.2, 0.25) is 0 Å². The first-order chi connectivity index (χ1) is 16.8. The number of carbonyl (C=O) groups is 1. The largest absolute Gasteiger partial charge is 0.312 e. The Morgan fingerprint density at radius 1 is 1.14 bits per heavy atom. The highest BCUT2D eigenvalue weighted by atomic mass is 32.2. The van der Waals surface area contributed by atoms with Gasteiger partial charge < -0.3 is 4.90 Å². The third kappa shape index (κ3) is 4.09. The van der Waals surface area contributed by atoms with Gasteiger partial charge in [-0.3, -0.25) is 4.79 Å². The molecule has 10 heteroatoms. The standard InChI is InChI=1S/C25H28N6O3S/c1-17-22(18(2)31-25(28-17)20(15-26)16-27-31)8-10-24(32)30-13-5-6-19-14-21(7-9-23(19)30)35(33,34)29-11-3-4-12-29/h7,9,14,16H,3-6,8,10-13H2,1-2H3. The summed E-state index contributed by atoms with van der Waals surface area (Å²) in [5.41, 5.74) is 5.27. The maximum absolute atomic E-state index is 13.3. The van der Waals surface area contributed by atoms with Gasteiger partial charge in [0.1, 0.15) is 11.6 Å². The second kappa shape index (κ2) is 9.06. The average molecular weight is 493 g/mol. The molecule has 0 radical (unpaired) electrons. The number of hydrogen-bond donors (Lipinski definition) is 0. The van der Waals surface area contributed by atoms with Gasteiger partial charge in [-0.15, -0.1) is 0 Å². The number of nitrogens with zero attached hydrogens (tertiary/aromatic N) is 6. The normalized spacial score (nSPS) is 16.4. The van der Waals surface area contributed by atoms with Crippen LogP contribution in [0.3, 0.4) is 0 Å². The fraction of sp³-hybridized carbons (Fsp3) is 0.440.